The first-order valence-electron chi connectivity index (χ1n) is 5.25. The van der Waals surface area contributed by atoms with Crippen molar-refractivity contribution >= 4 is 45.2 Å². The van der Waals surface area contributed by atoms with E-state index >= 15 is 0 Å². The predicted molar refractivity (Wildman–Crippen MR) is 71.5 cm³/mol. The number of anilines is 1. The number of carbonyl (C=O) groups excluding carboxylic acids is 2. The lowest BCUT2D eigenvalue weighted by molar-refractivity contribution is -0.135. The van der Waals surface area contributed by atoms with Crippen LogP contribution in [0.3, 0.4) is 0 Å². The Balaban J connectivity index is 2.47. The number of hydrogen-bond donors (Lipinski definition) is 1. The Kier molecular flexibility index (Phi) is 3.33. The van der Waals surface area contributed by atoms with E-state index in [-0.39, 0.29) is 18.4 Å². The SMILES string of the molecule is CC1(C)C(=O)NC(=O)CN1c1ncc(Cl)cc1Br. The zero-order valence-electron chi connectivity index (χ0n) is 9.83. The highest BCUT2D eigenvalue weighted by Gasteiger charge is 2.42. The van der Waals surface area contributed by atoms with Crippen LogP contribution in [-0.2, 0) is 9.59 Å². The van der Waals surface area contributed by atoms with Gasteiger partial charge in [-0.15, -0.1) is 0 Å². The van der Waals surface area contributed by atoms with Crippen molar-refractivity contribution in [3.8, 4) is 0 Å². The van der Waals surface area contributed by atoms with Crippen molar-refractivity contribution in [3.05, 3.63) is 21.8 Å². The van der Waals surface area contributed by atoms with Crippen molar-refractivity contribution < 1.29 is 9.59 Å². The second-order valence-corrected chi connectivity index (χ2v) is 5.77. The lowest BCUT2D eigenvalue weighted by Gasteiger charge is -2.41. The highest BCUT2D eigenvalue weighted by molar-refractivity contribution is 9.10. The van der Waals surface area contributed by atoms with Crippen molar-refractivity contribution in [2.45, 2.75) is 19.4 Å². The van der Waals surface area contributed by atoms with Crippen LogP contribution in [0.5, 0.6) is 0 Å². The summed E-state index contributed by atoms with van der Waals surface area (Å²) in [6, 6.07) is 1.68. The third-order valence-corrected chi connectivity index (χ3v) is 3.62. The van der Waals surface area contributed by atoms with Gasteiger partial charge in [0, 0.05) is 6.20 Å². The zero-order chi connectivity index (χ0) is 13.5. The topological polar surface area (TPSA) is 62.3 Å². The molecule has 0 unspecified atom stereocenters. The van der Waals surface area contributed by atoms with Crippen LogP contribution in [0.1, 0.15) is 13.8 Å². The number of piperazine rings is 1. The van der Waals surface area contributed by atoms with E-state index in [4.69, 9.17) is 11.6 Å². The van der Waals surface area contributed by atoms with E-state index in [2.05, 4.69) is 26.2 Å². The fraction of sp³-hybridized carbons (Fsp3) is 0.364. The Morgan fingerprint density at radius 3 is 2.78 bits per heavy atom. The second kappa shape index (κ2) is 4.51. The molecule has 0 bridgehead atoms. The van der Waals surface area contributed by atoms with Crippen molar-refractivity contribution in [1.82, 2.24) is 10.3 Å². The monoisotopic (exact) mass is 331 g/mol. The van der Waals surface area contributed by atoms with Crippen LogP contribution in [0.15, 0.2) is 16.7 Å². The Morgan fingerprint density at radius 1 is 1.50 bits per heavy atom. The molecule has 2 heterocycles. The van der Waals surface area contributed by atoms with Gasteiger partial charge in [0.1, 0.15) is 11.4 Å². The Bertz CT molecular complexity index is 533. The van der Waals surface area contributed by atoms with E-state index < -0.39 is 5.54 Å². The largest absolute Gasteiger partial charge is 0.332 e. The highest BCUT2D eigenvalue weighted by atomic mass is 79.9. The first-order valence-corrected chi connectivity index (χ1v) is 6.42. The number of halogens is 2. The van der Waals surface area contributed by atoms with E-state index in [9.17, 15) is 9.59 Å². The molecular weight excluding hydrogens is 321 g/mol. The van der Waals surface area contributed by atoms with Crippen molar-refractivity contribution in [2.24, 2.45) is 0 Å². The normalized spacial score (nSPS) is 18.8. The second-order valence-electron chi connectivity index (χ2n) is 4.48. The minimum absolute atomic E-state index is 0.0754. The maximum Gasteiger partial charge on any atom is 0.251 e. The van der Waals surface area contributed by atoms with E-state index in [1.807, 2.05) is 0 Å². The van der Waals surface area contributed by atoms with Gasteiger partial charge < -0.3 is 4.90 Å². The van der Waals surface area contributed by atoms with Gasteiger partial charge in [-0.3, -0.25) is 14.9 Å². The summed E-state index contributed by atoms with van der Waals surface area (Å²) in [5, 5.41) is 2.79. The molecule has 96 valence electrons. The van der Waals surface area contributed by atoms with Gasteiger partial charge in [0.25, 0.3) is 5.91 Å². The van der Waals surface area contributed by atoms with Crippen LogP contribution in [0.4, 0.5) is 5.82 Å². The molecule has 1 N–H and O–H groups in total. The summed E-state index contributed by atoms with van der Waals surface area (Å²) in [7, 11) is 0. The molecule has 2 amide bonds. The zero-order valence-corrected chi connectivity index (χ0v) is 12.2. The summed E-state index contributed by atoms with van der Waals surface area (Å²) in [6.07, 6.45) is 1.48. The van der Waals surface area contributed by atoms with Crippen LogP contribution in [0.2, 0.25) is 5.02 Å². The molecule has 1 aromatic rings. The Morgan fingerprint density at radius 2 is 2.17 bits per heavy atom. The molecule has 1 aromatic heterocycles. The molecule has 0 spiro atoms. The number of carbonyl (C=O) groups is 2. The molecular formula is C11H11BrClN3O2. The molecule has 0 aromatic carbocycles. The number of amides is 2. The Labute approximate surface area is 118 Å². The summed E-state index contributed by atoms with van der Waals surface area (Å²) < 4.78 is 0.644. The molecule has 18 heavy (non-hydrogen) atoms. The van der Waals surface area contributed by atoms with E-state index in [0.717, 1.165) is 0 Å². The van der Waals surface area contributed by atoms with Crippen LogP contribution in [0.25, 0.3) is 0 Å². The lowest BCUT2D eigenvalue weighted by Crippen LogP contribution is -2.64. The van der Waals surface area contributed by atoms with Crippen LogP contribution < -0.4 is 10.2 Å². The third-order valence-electron chi connectivity index (χ3n) is 2.83. The van der Waals surface area contributed by atoms with E-state index in [1.165, 1.54) is 6.20 Å². The van der Waals surface area contributed by atoms with E-state index in [0.29, 0.717) is 15.3 Å². The molecule has 0 aliphatic carbocycles. The summed E-state index contributed by atoms with van der Waals surface area (Å²) in [5.74, 6) is -0.169. The molecule has 1 fully saturated rings. The van der Waals surface area contributed by atoms with Crippen molar-refractivity contribution in [3.63, 3.8) is 0 Å². The molecule has 1 aliphatic heterocycles. The molecule has 5 nitrogen and oxygen atoms in total. The fourth-order valence-electron chi connectivity index (χ4n) is 1.73. The molecule has 1 saturated heterocycles. The first-order chi connectivity index (χ1) is 8.32. The maximum absolute atomic E-state index is 11.8. The quantitative estimate of drug-likeness (QED) is 0.796. The molecule has 2 rings (SSSR count). The molecule has 0 radical (unpaired) electrons. The summed E-state index contributed by atoms with van der Waals surface area (Å²) >= 11 is 9.17. The average molecular weight is 333 g/mol. The number of nitrogens with one attached hydrogen (secondary N) is 1. The minimum Gasteiger partial charge on any atom is -0.332 e. The average Bonchev–Trinajstić information content (AvgIpc) is 2.24. The van der Waals surface area contributed by atoms with Crippen LogP contribution in [0, 0.1) is 0 Å². The smallest absolute Gasteiger partial charge is 0.251 e. The van der Waals surface area contributed by atoms with E-state index in [1.54, 1.807) is 24.8 Å². The van der Waals surface area contributed by atoms with Crippen LogP contribution in [-0.4, -0.2) is 28.9 Å². The number of nitrogens with zero attached hydrogens (tertiary/aromatic N) is 2. The standard InChI is InChI=1S/C11H11BrClN3O2/c1-11(2)10(18)15-8(17)5-16(11)9-7(12)3-6(13)4-14-9/h3-4H,5H2,1-2H3,(H,15,17,18). The van der Waals surface area contributed by atoms with Gasteiger partial charge in [-0.25, -0.2) is 4.98 Å². The van der Waals surface area contributed by atoms with Crippen molar-refractivity contribution in [1.29, 1.82) is 0 Å². The summed E-state index contributed by atoms with van der Waals surface area (Å²) in [6.45, 7) is 3.54. The van der Waals surface area contributed by atoms with Crippen LogP contribution >= 0.6 is 27.5 Å². The summed E-state index contributed by atoms with van der Waals surface area (Å²) in [5.41, 5.74) is -0.850. The van der Waals surface area contributed by atoms with Gasteiger partial charge in [0.15, 0.2) is 0 Å². The van der Waals surface area contributed by atoms with Crippen molar-refractivity contribution in [2.75, 3.05) is 11.4 Å². The molecule has 0 atom stereocenters. The molecule has 0 saturated carbocycles. The highest BCUT2D eigenvalue weighted by Crippen LogP contribution is 2.32. The molecule has 7 heteroatoms. The number of aromatic nitrogens is 1. The fourth-order valence-corrected chi connectivity index (χ4v) is 2.58. The number of pyridine rings is 1. The number of imide groups is 1. The van der Waals surface area contributed by atoms with Gasteiger partial charge >= 0.3 is 0 Å². The van der Waals surface area contributed by atoms with Gasteiger partial charge in [0.05, 0.1) is 16.0 Å². The number of hydrogen-bond acceptors (Lipinski definition) is 4. The maximum atomic E-state index is 11.8. The summed E-state index contributed by atoms with van der Waals surface area (Å²) in [4.78, 5) is 29.2. The number of rotatable bonds is 1. The first kappa shape index (κ1) is 13.3. The minimum atomic E-state index is -0.850. The third kappa shape index (κ3) is 2.22. The molecule has 1 aliphatic rings. The Hall–Kier alpha value is -1.14. The lowest BCUT2D eigenvalue weighted by atomic mass is 9.99. The predicted octanol–water partition coefficient (Wildman–Crippen LogP) is 1.74. The van der Waals surface area contributed by atoms with Gasteiger partial charge in [-0.1, -0.05) is 11.6 Å². The van der Waals surface area contributed by atoms with Gasteiger partial charge in [0.2, 0.25) is 5.91 Å². The van der Waals surface area contributed by atoms with Gasteiger partial charge in [-0.2, -0.15) is 0 Å². The van der Waals surface area contributed by atoms with Gasteiger partial charge in [-0.05, 0) is 35.8 Å².